The minimum absolute atomic E-state index is 0. The minimum Gasteiger partial charge on any atom is -0.487 e. The van der Waals surface area contributed by atoms with Crippen LogP contribution in [0.5, 0.6) is 5.75 Å². The number of fused-ring (bicyclic) bond motifs is 1. The lowest BCUT2D eigenvalue weighted by atomic mass is 10.2. The van der Waals surface area contributed by atoms with E-state index in [1.165, 1.54) is 19.0 Å². The van der Waals surface area contributed by atoms with Crippen LogP contribution in [0.4, 0.5) is 4.39 Å². The molecular formula is C12H16ClFN2O. The fraction of sp³-hybridized carbons (Fsp3) is 0.583. The van der Waals surface area contributed by atoms with Gasteiger partial charge in [-0.05, 0) is 37.9 Å². The van der Waals surface area contributed by atoms with E-state index in [1.54, 1.807) is 12.1 Å². The van der Waals surface area contributed by atoms with Crippen LogP contribution < -0.4 is 4.74 Å². The highest BCUT2D eigenvalue weighted by molar-refractivity contribution is 5.85. The van der Waals surface area contributed by atoms with Gasteiger partial charge in [-0.15, -0.1) is 12.4 Å². The SMILES string of the molecule is CN1[C@H](COc2cccnc2F)C[C@H]2C[C@H]21.Cl. The highest BCUT2D eigenvalue weighted by Crippen LogP contribution is 2.46. The van der Waals surface area contributed by atoms with E-state index >= 15 is 0 Å². The minimum atomic E-state index is -0.520. The first kappa shape index (κ1) is 12.6. The highest BCUT2D eigenvalue weighted by Gasteiger charge is 2.50. The van der Waals surface area contributed by atoms with Crippen LogP contribution in [-0.2, 0) is 0 Å². The molecule has 0 spiro atoms. The molecule has 3 nitrogen and oxygen atoms in total. The summed E-state index contributed by atoms with van der Waals surface area (Å²) in [4.78, 5) is 5.92. The lowest BCUT2D eigenvalue weighted by Gasteiger charge is -2.22. The quantitative estimate of drug-likeness (QED) is 0.777. The topological polar surface area (TPSA) is 25.4 Å². The van der Waals surface area contributed by atoms with Crippen molar-refractivity contribution in [1.82, 2.24) is 9.88 Å². The van der Waals surface area contributed by atoms with Gasteiger partial charge >= 0.3 is 0 Å². The molecular weight excluding hydrogens is 243 g/mol. The molecule has 0 radical (unpaired) electrons. The molecule has 3 rings (SSSR count). The van der Waals surface area contributed by atoms with E-state index in [2.05, 4.69) is 16.9 Å². The highest BCUT2D eigenvalue weighted by atomic mass is 35.5. The molecule has 1 aliphatic heterocycles. The monoisotopic (exact) mass is 258 g/mol. The molecule has 0 N–H and O–H groups in total. The zero-order valence-corrected chi connectivity index (χ0v) is 10.5. The van der Waals surface area contributed by atoms with Gasteiger partial charge in [-0.1, -0.05) is 0 Å². The van der Waals surface area contributed by atoms with Crippen LogP contribution >= 0.6 is 12.4 Å². The number of likely N-dealkylation sites (N-methyl/N-ethyl adjacent to an activating group) is 1. The first-order chi connectivity index (χ1) is 7.75. The van der Waals surface area contributed by atoms with E-state index in [0.717, 1.165) is 12.0 Å². The summed E-state index contributed by atoms with van der Waals surface area (Å²) in [6, 6.07) is 4.50. The number of piperidine rings is 1. The Labute approximate surface area is 106 Å². The summed E-state index contributed by atoms with van der Waals surface area (Å²) in [6.45, 7) is 0.562. The van der Waals surface area contributed by atoms with Crippen LogP contribution in [0.3, 0.4) is 0 Å². The average Bonchev–Trinajstić information content (AvgIpc) is 2.98. The predicted octanol–water partition coefficient (Wildman–Crippen LogP) is 2.11. The van der Waals surface area contributed by atoms with Gasteiger partial charge < -0.3 is 4.74 Å². The smallest absolute Gasteiger partial charge is 0.255 e. The van der Waals surface area contributed by atoms with Gasteiger partial charge in [-0.25, -0.2) is 4.98 Å². The van der Waals surface area contributed by atoms with E-state index in [1.807, 2.05) is 0 Å². The Kier molecular flexibility index (Phi) is 3.54. The van der Waals surface area contributed by atoms with E-state index in [4.69, 9.17) is 4.74 Å². The standard InChI is InChI=1S/C12H15FN2O.ClH/c1-15-9(5-8-6-10(8)15)7-16-11-3-2-4-14-12(11)13;/h2-4,8-10H,5-7H2,1H3;1H/t8-,9-,10+;/m0./s1. The summed E-state index contributed by atoms with van der Waals surface area (Å²) >= 11 is 0. The van der Waals surface area contributed by atoms with Crippen molar-refractivity contribution in [1.29, 1.82) is 0 Å². The maximum Gasteiger partial charge on any atom is 0.255 e. The Morgan fingerprint density at radius 3 is 3.00 bits per heavy atom. The van der Waals surface area contributed by atoms with E-state index in [9.17, 15) is 4.39 Å². The van der Waals surface area contributed by atoms with Crippen molar-refractivity contribution in [3.05, 3.63) is 24.3 Å². The van der Waals surface area contributed by atoms with Crippen LogP contribution in [0.2, 0.25) is 0 Å². The largest absolute Gasteiger partial charge is 0.487 e. The first-order valence-corrected chi connectivity index (χ1v) is 5.71. The Hall–Kier alpha value is -0.870. The van der Waals surface area contributed by atoms with Crippen molar-refractivity contribution in [2.45, 2.75) is 24.9 Å². The summed E-state index contributed by atoms with van der Waals surface area (Å²) in [6.07, 6.45) is 3.94. The maximum atomic E-state index is 13.2. The Morgan fingerprint density at radius 1 is 1.53 bits per heavy atom. The van der Waals surface area contributed by atoms with Crippen molar-refractivity contribution in [2.24, 2.45) is 5.92 Å². The van der Waals surface area contributed by atoms with Crippen molar-refractivity contribution in [2.75, 3.05) is 13.7 Å². The summed E-state index contributed by atoms with van der Waals surface area (Å²) < 4.78 is 18.7. The molecule has 1 aromatic rings. The third-order valence-electron chi connectivity index (χ3n) is 3.72. The molecule has 2 aliphatic rings. The maximum absolute atomic E-state index is 13.2. The fourth-order valence-electron chi connectivity index (χ4n) is 2.62. The number of nitrogens with zero attached hydrogens (tertiary/aromatic N) is 2. The third kappa shape index (κ3) is 2.38. The molecule has 0 unspecified atom stereocenters. The Balaban J connectivity index is 0.00000108. The molecule has 1 saturated carbocycles. The number of halogens is 2. The van der Waals surface area contributed by atoms with Crippen molar-refractivity contribution in [3.8, 4) is 5.75 Å². The van der Waals surface area contributed by atoms with E-state index in [0.29, 0.717) is 12.6 Å². The average molecular weight is 259 g/mol. The number of pyridine rings is 1. The van der Waals surface area contributed by atoms with Crippen molar-refractivity contribution >= 4 is 12.4 Å². The molecule has 1 aromatic heterocycles. The van der Waals surface area contributed by atoms with Crippen LogP contribution in [0, 0.1) is 11.9 Å². The molecule has 0 amide bonds. The zero-order valence-electron chi connectivity index (χ0n) is 9.67. The van der Waals surface area contributed by atoms with Gasteiger partial charge in [0.05, 0.1) is 0 Å². The van der Waals surface area contributed by atoms with Crippen molar-refractivity contribution in [3.63, 3.8) is 0 Å². The number of aromatic nitrogens is 1. The Bertz CT molecular complexity index is 404. The second kappa shape index (κ2) is 4.78. The molecule has 5 heteroatoms. The van der Waals surface area contributed by atoms with Crippen LogP contribution in [-0.4, -0.2) is 35.6 Å². The number of hydrogen-bond donors (Lipinski definition) is 0. The zero-order chi connectivity index (χ0) is 11.1. The number of likely N-dealkylation sites (tertiary alicyclic amines) is 1. The van der Waals surface area contributed by atoms with Crippen molar-refractivity contribution < 1.29 is 9.13 Å². The summed E-state index contributed by atoms with van der Waals surface area (Å²) in [5, 5.41) is 0. The van der Waals surface area contributed by atoms with Gasteiger partial charge in [0.15, 0.2) is 5.75 Å². The summed E-state index contributed by atoms with van der Waals surface area (Å²) in [5.41, 5.74) is 0. The second-order valence-corrected chi connectivity index (χ2v) is 4.72. The van der Waals surface area contributed by atoms with Gasteiger partial charge in [-0.2, -0.15) is 4.39 Å². The van der Waals surface area contributed by atoms with Gasteiger partial charge in [0, 0.05) is 18.3 Å². The summed E-state index contributed by atoms with van der Waals surface area (Å²) in [7, 11) is 2.13. The number of rotatable bonds is 3. The molecule has 0 bridgehead atoms. The second-order valence-electron chi connectivity index (χ2n) is 4.72. The number of hydrogen-bond acceptors (Lipinski definition) is 3. The fourth-order valence-corrected chi connectivity index (χ4v) is 2.62. The lowest BCUT2D eigenvalue weighted by Crippen LogP contribution is -2.33. The molecule has 94 valence electrons. The third-order valence-corrected chi connectivity index (χ3v) is 3.72. The van der Waals surface area contributed by atoms with Gasteiger partial charge in [0.2, 0.25) is 0 Å². The number of ether oxygens (including phenoxy) is 1. The van der Waals surface area contributed by atoms with Crippen LogP contribution in [0.25, 0.3) is 0 Å². The first-order valence-electron chi connectivity index (χ1n) is 5.71. The predicted molar refractivity (Wildman–Crippen MR) is 65.0 cm³/mol. The molecule has 1 saturated heterocycles. The molecule has 1 aliphatic carbocycles. The molecule has 17 heavy (non-hydrogen) atoms. The van der Waals surface area contributed by atoms with E-state index < -0.39 is 5.95 Å². The van der Waals surface area contributed by atoms with E-state index in [-0.39, 0.29) is 18.2 Å². The lowest BCUT2D eigenvalue weighted by molar-refractivity contribution is 0.171. The van der Waals surface area contributed by atoms with Crippen LogP contribution in [0.1, 0.15) is 12.8 Å². The normalized spacial score (nSPS) is 30.6. The molecule has 3 atom stereocenters. The van der Waals surface area contributed by atoms with Gasteiger partial charge in [0.1, 0.15) is 6.61 Å². The Morgan fingerprint density at radius 2 is 2.35 bits per heavy atom. The van der Waals surface area contributed by atoms with Gasteiger partial charge in [0.25, 0.3) is 5.95 Å². The molecule has 2 heterocycles. The molecule has 0 aromatic carbocycles. The van der Waals surface area contributed by atoms with Gasteiger partial charge in [-0.3, -0.25) is 4.90 Å². The summed E-state index contributed by atoms with van der Waals surface area (Å²) in [5.74, 6) is 0.599. The van der Waals surface area contributed by atoms with Crippen LogP contribution in [0.15, 0.2) is 18.3 Å². The molecule has 2 fully saturated rings.